The lowest BCUT2D eigenvalue weighted by Gasteiger charge is -2.30. The minimum atomic E-state index is -0.394. The van der Waals surface area contributed by atoms with E-state index >= 15 is 0 Å². The van der Waals surface area contributed by atoms with E-state index in [4.69, 9.17) is 14.4 Å². The van der Waals surface area contributed by atoms with E-state index in [-0.39, 0.29) is 0 Å². The number of aromatic nitrogens is 2. The molecule has 1 spiro atoms. The summed E-state index contributed by atoms with van der Waals surface area (Å²) in [6, 6.07) is 65.1. The summed E-state index contributed by atoms with van der Waals surface area (Å²) in [5.41, 5.74) is 18.9. The molecule has 0 saturated carbocycles. The zero-order valence-corrected chi connectivity index (χ0v) is 28.1. The van der Waals surface area contributed by atoms with Gasteiger partial charge in [-0.2, -0.15) is 0 Å². The number of benzene rings is 7. The second-order valence-corrected chi connectivity index (χ2v) is 13.7. The first-order valence-electron chi connectivity index (χ1n) is 17.7. The van der Waals surface area contributed by atoms with Gasteiger partial charge in [0.2, 0.25) is 11.6 Å². The average Bonchev–Trinajstić information content (AvgIpc) is 3.88. The zero-order chi connectivity index (χ0) is 34.2. The number of fused-ring (bicyclic) bond motifs is 11. The zero-order valence-electron chi connectivity index (χ0n) is 28.1. The van der Waals surface area contributed by atoms with Crippen molar-refractivity contribution in [2.24, 2.45) is 0 Å². The molecule has 0 fully saturated rings. The van der Waals surface area contributed by atoms with Gasteiger partial charge in [0.25, 0.3) is 0 Å². The molecule has 2 heterocycles. The van der Waals surface area contributed by atoms with Crippen molar-refractivity contribution in [3.8, 4) is 67.2 Å². The van der Waals surface area contributed by atoms with Gasteiger partial charge in [0.05, 0.1) is 11.1 Å². The van der Waals surface area contributed by atoms with Crippen molar-refractivity contribution in [3.63, 3.8) is 0 Å². The first-order chi connectivity index (χ1) is 25.8. The van der Waals surface area contributed by atoms with Crippen molar-refractivity contribution in [1.82, 2.24) is 9.97 Å². The van der Waals surface area contributed by atoms with E-state index in [0.717, 1.165) is 27.9 Å². The van der Waals surface area contributed by atoms with Gasteiger partial charge in [-0.15, -0.1) is 0 Å². The quantitative estimate of drug-likeness (QED) is 0.188. The third-order valence-electron chi connectivity index (χ3n) is 11.0. The molecular formula is C49H30N2O. The van der Waals surface area contributed by atoms with Crippen LogP contribution < -0.4 is 0 Å². The van der Waals surface area contributed by atoms with Crippen LogP contribution >= 0.6 is 0 Å². The lowest BCUT2D eigenvalue weighted by atomic mass is 9.70. The molecule has 0 saturated heterocycles. The molecule has 0 N–H and O–H groups in total. The monoisotopic (exact) mass is 662 g/mol. The number of nitrogens with zero attached hydrogens (tertiary/aromatic N) is 2. The molecule has 0 atom stereocenters. The second kappa shape index (κ2) is 11.1. The second-order valence-electron chi connectivity index (χ2n) is 13.7. The maximum atomic E-state index is 6.33. The van der Waals surface area contributed by atoms with Crippen LogP contribution in [-0.2, 0) is 5.41 Å². The molecule has 9 aromatic rings. The van der Waals surface area contributed by atoms with Crippen LogP contribution in [0.15, 0.2) is 186 Å². The van der Waals surface area contributed by atoms with Crippen LogP contribution in [-0.4, -0.2) is 9.97 Å². The lowest BCUT2D eigenvalue weighted by molar-refractivity contribution is 0.608. The van der Waals surface area contributed by atoms with Gasteiger partial charge < -0.3 is 4.42 Å². The number of hydrogen-bond acceptors (Lipinski definition) is 3. The standard InChI is InChI=1S/C49H30N2O/c1-2-10-31(11-3-1)32-18-20-33(21-19-32)34-22-24-35(25-23-34)47-51-46-29-28-45(50-48(46)52-47)36-26-27-40-39-14-6-9-17-43(39)49(44(40)30-36)41-15-7-4-12-37(41)38-13-5-8-16-42(38)49/h1-30H. The predicted octanol–water partition coefficient (Wildman–Crippen LogP) is 12.2. The minimum absolute atomic E-state index is 0.394. The Hall–Kier alpha value is -6.84. The number of oxazole rings is 1. The molecule has 0 unspecified atom stereocenters. The summed E-state index contributed by atoms with van der Waals surface area (Å²) in [5, 5.41) is 0. The van der Waals surface area contributed by atoms with Gasteiger partial charge in [0, 0.05) is 11.1 Å². The molecule has 2 aliphatic carbocycles. The molecule has 0 radical (unpaired) electrons. The fourth-order valence-corrected chi connectivity index (χ4v) is 8.65. The van der Waals surface area contributed by atoms with Crippen LogP contribution in [0.2, 0.25) is 0 Å². The summed E-state index contributed by atoms with van der Waals surface area (Å²) < 4.78 is 6.33. The van der Waals surface area contributed by atoms with Crippen molar-refractivity contribution < 1.29 is 4.42 Å². The molecule has 3 nitrogen and oxygen atoms in total. The van der Waals surface area contributed by atoms with E-state index in [9.17, 15) is 0 Å². The Labute approximate surface area is 301 Å². The van der Waals surface area contributed by atoms with Crippen LogP contribution in [0.25, 0.3) is 78.4 Å². The smallest absolute Gasteiger partial charge is 0.247 e. The lowest BCUT2D eigenvalue weighted by Crippen LogP contribution is -2.25. The van der Waals surface area contributed by atoms with E-state index in [0.29, 0.717) is 11.6 Å². The minimum Gasteiger partial charge on any atom is -0.418 e. The normalized spacial score (nSPS) is 13.2. The maximum absolute atomic E-state index is 6.33. The van der Waals surface area contributed by atoms with E-state index in [1.54, 1.807) is 0 Å². The van der Waals surface area contributed by atoms with E-state index in [1.165, 1.54) is 61.2 Å². The van der Waals surface area contributed by atoms with Gasteiger partial charge in [-0.1, -0.05) is 152 Å². The summed E-state index contributed by atoms with van der Waals surface area (Å²) in [6.07, 6.45) is 0. The summed E-state index contributed by atoms with van der Waals surface area (Å²) in [4.78, 5) is 9.87. The Bertz CT molecular complexity index is 2770. The highest BCUT2D eigenvalue weighted by molar-refractivity contribution is 5.96. The molecule has 0 aliphatic heterocycles. The van der Waals surface area contributed by atoms with Gasteiger partial charge in [-0.05, 0) is 97.1 Å². The first-order valence-corrected chi connectivity index (χ1v) is 17.7. The molecule has 0 bridgehead atoms. The molecule has 52 heavy (non-hydrogen) atoms. The highest BCUT2D eigenvalue weighted by Crippen LogP contribution is 2.63. The molecular weight excluding hydrogens is 633 g/mol. The van der Waals surface area contributed by atoms with Crippen molar-refractivity contribution in [1.29, 1.82) is 0 Å². The van der Waals surface area contributed by atoms with Crippen LogP contribution in [0.5, 0.6) is 0 Å². The van der Waals surface area contributed by atoms with E-state index in [1.807, 2.05) is 12.1 Å². The molecule has 7 aromatic carbocycles. The van der Waals surface area contributed by atoms with E-state index in [2.05, 4.69) is 170 Å². The maximum Gasteiger partial charge on any atom is 0.247 e. The summed E-state index contributed by atoms with van der Waals surface area (Å²) in [7, 11) is 0. The molecule has 0 amide bonds. The Balaban J connectivity index is 0.957. The van der Waals surface area contributed by atoms with Gasteiger partial charge in [0.1, 0.15) is 5.52 Å². The topological polar surface area (TPSA) is 38.9 Å². The number of rotatable bonds is 4. The largest absolute Gasteiger partial charge is 0.418 e. The Morgan fingerprint density at radius 2 is 0.808 bits per heavy atom. The highest BCUT2D eigenvalue weighted by atomic mass is 16.4. The van der Waals surface area contributed by atoms with Crippen LogP contribution in [0.1, 0.15) is 22.3 Å². The first kappa shape index (κ1) is 28.9. The summed E-state index contributed by atoms with van der Waals surface area (Å²) in [5.74, 6) is 0.563. The Kier molecular flexibility index (Phi) is 6.17. The van der Waals surface area contributed by atoms with Gasteiger partial charge in [-0.25, -0.2) is 9.97 Å². The molecule has 11 rings (SSSR count). The summed E-state index contributed by atoms with van der Waals surface area (Å²) in [6.45, 7) is 0. The third kappa shape index (κ3) is 4.14. The van der Waals surface area contributed by atoms with Crippen LogP contribution in [0, 0.1) is 0 Å². The van der Waals surface area contributed by atoms with Crippen LogP contribution in [0.4, 0.5) is 0 Å². The fourth-order valence-electron chi connectivity index (χ4n) is 8.65. The highest BCUT2D eigenvalue weighted by Gasteiger charge is 2.51. The SMILES string of the molecule is c1ccc(-c2ccc(-c3ccc(-c4nc5ccc(-c6ccc7c(c6)C6(c8ccccc8-c8ccccc86)c6ccccc6-7)nc5o4)cc3)cc2)cc1. The van der Waals surface area contributed by atoms with Gasteiger partial charge in [0.15, 0.2) is 0 Å². The van der Waals surface area contributed by atoms with Crippen molar-refractivity contribution in [2.45, 2.75) is 5.41 Å². The average molecular weight is 663 g/mol. The number of hydrogen-bond donors (Lipinski definition) is 0. The Morgan fingerprint density at radius 1 is 0.346 bits per heavy atom. The predicted molar refractivity (Wildman–Crippen MR) is 210 cm³/mol. The van der Waals surface area contributed by atoms with Crippen LogP contribution in [0.3, 0.4) is 0 Å². The van der Waals surface area contributed by atoms with Crippen molar-refractivity contribution in [3.05, 3.63) is 204 Å². The van der Waals surface area contributed by atoms with E-state index < -0.39 is 5.41 Å². The van der Waals surface area contributed by atoms with Crippen molar-refractivity contribution >= 4 is 11.2 Å². The molecule has 242 valence electrons. The third-order valence-corrected chi connectivity index (χ3v) is 11.0. The van der Waals surface area contributed by atoms with Gasteiger partial charge >= 0.3 is 0 Å². The van der Waals surface area contributed by atoms with Gasteiger partial charge in [-0.3, -0.25) is 0 Å². The molecule has 2 aliphatic rings. The number of pyridine rings is 1. The van der Waals surface area contributed by atoms with Crippen molar-refractivity contribution in [2.75, 3.05) is 0 Å². The molecule has 2 aromatic heterocycles. The molecule has 3 heteroatoms. The fraction of sp³-hybridized carbons (Fsp3) is 0.0204. The summed E-state index contributed by atoms with van der Waals surface area (Å²) >= 11 is 0. The Morgan fingerprint density at radius 3 is 1.38 bits per heavy atom.